The predicted molar refractivity (Wildman–Crippen MR) is 176 cm³/mol. The summed E-state index contributed by atoms with van der Waals surface area (Å²) < 4.78 is 16.1. The van der Waals surface area contributed by atoms with Crippen molar-refractivity contribution in [2.45, 2.75) is 123 Å². The van der Waals surface area contributed by atoms with Crippen LogP contribution in [0, 0.1) is 22.7 Å². The second-order valence-electron chi connectivity index (χ2n) is 15.1. The topological polar surface area (TPSA) is 203 Å². The minimum Gasteiger partial charge on any atom is -0.481 e. The molecule has 0 radical (unpaired) electrons. The molecule has 1 aromatic carbocycles. The zero-order valence-electron chi connectivity index (χ0n) is 29.3. The highest BCUT2D eigenvalue weighted by Crippen LogP contribution is 2.61. The van der Waals surface area contributed by atoms with Gasteiger partial charge in [-0.3, -0.25) is 14.4 Å². The normalized spacial score (nSPS) is 33.4. The smallest absolute Gasteiger partial charge is 0.405 e. The molecular formula is C36H53NO11. The van der Waals surface area contributed by atoms with Crippen LogP contribution in [0.3, 0.4) is 0 Å². The van der Waals surface area contributed by atoms with Crippen LogP contribution in [0.1, 0.15) is 86.6 Å². The number of aliphatic hydroxyl groups excluding tert-OH is 2. The molecule has 4 aliphatic rings. The van der Waals surface area contributed by atoms with Gasteiger partial charge in [-0.25, -0.2) is 4.79 Å². The molecule has 3 aliphatic carbocycles. The van der Waals surface area contributed by atoms with Crippen molar-refractivity contribution in [3.8, 4) is 0 Å². The quantitative estimate of drug-likeness (QED) is 0.230. The van der Waals surface area contributed by atoms with Crippen molar-refractivity contribution in [2.24, 2.45) is 28.4 Å². The van der Waals surface area contributed by atoms with Gasteiger partial charge in [0.2, 0.25) is 0 Å². The van der Waals surface area contributed by atoms with Crippen molar-refractivity contribution in [3.63, 3.8) is 0 Å². The Morgan fingerprint density at radius 3 is 2.12 bits per heavy atom. The fourth-order valence-corrected chi connectivity index (χ4v) is 7.69. The van der Waals surface area contributed by atoms with Crippen LogP contribution in [-0.2, 0) is 35.0 Å². The molecule has 8 atom stereocenters. The second kappa shape index (κ2) is 14.7. The number of aliphatic carboxylic acids is 1. The number of amides is 1. The summed E-state index contributed by atoms with van der Waals surface area (Å²) in [5.74, 6) is -1.98. The van der Waals surface area contributed by atoms with Gasteiger partial charge in [-0.2, -0.15) is 0 Å². The van der Waals surface area contributed by atoms with E-state index in [2.05, 4.69) is 4.74 Å². The number of primary amides is 1. The Kier molecular flexibility index (Phi) is 11.9. The van der Waals surface area contributed by atoms with Gasteiger partial charge in [0.25, 0.3) is 5.97 Å². The van der Waals surface area contributed by atoms with Crippen LogP contribution in [0.2, 0.25) is 0 Å². The Bertz CT molecular complexity index is 1380. The lowest BCUT2D eigenvalue weighted by molar-refractivity contribution is -0.243. The number of hydrogen-bond acceptors (Lipinski definition) is 10. The Balaban J connectivity index is 0.000000447. The number of hydrogen-bond donors (Lipinski definition) is 5. The van der Waals surface area contributed by atoms with E-state index in [1.54, 1.807) is 34.6 Å². The standard InChI is InChI=1S/C29H38O7.C5H11NO2.C2H4O2/c1-16-21(36-23(31)11-10-17-8-6-5-7-9-17)14-29(34)13-19-18-15-35-20(18)12-22(30)28(19,4)26(33)25(32)24(16)27(29,2)3;1-5(2,3)8-4(6)7;1-2(3)4/h5-9,18-22,25,30,32,34H,10-15H2,1-4H3;1-3H3,(H2,6,7);1H3,(H,3,4)/t18-,19?,20?,21-,22?,25?,28?,29?;;/m0../s1. The highest BCUT2D eigenvalue weighted by molar-refractivity contribution is 5.93. The molecule has 48 heavy (non-hydrogen) atoms. The van der Waals surface area contributed by atoms with E-state index in [-0.39, 0.29) is 43.2 Å². The Hall–Kier alpha value is -3.32. The molecule has 2 saturated carbocycles. The Labute approximate surface area is 282 Å². The molecule has 1 saturated heterocycles. The molecular weight excluding hydrogens is 622 g/mol. The number of fused-ring (bicyclic) bond motifs is 5. The van der Waals surface area contributed by atoms with E-state index >= 15 is 0 Å². The van der Waals surface area contributed by atoms with Crippen molar-refractivity contribution in [3.05, 3.63) is 47.0 Å². The van der Waals surface area contributed by atoms with Crippen molar-refractivity contribution >= 4 is 23.8 Å². The van der Waals surface area contributed by atoms with E-state index in [0.717, 1.165) is 12.5 Å². The van der Waals surface area contributed by atoms with Gasteiger partial charge in [0.1, 0.15) is 17.8 Å². The van der Waals surface area contributed by atoms with Gasteiger partial charge in [0.05, 0.1) is 29.8 Å². The van der Waals surface area contributed by atoms with Gasteiger partial charge < -0.3 is 40.4 Å². The van der Waals surface area contributed by atoms with Gasteiger partial charge in [0, 0.05) is 37.5 Å². The lowest BCUT2D eigenvalue weighted by Crippen LogP contribution is -2.69. The van der Waals surface area contributed by atoms with E-state index in [0.29, 0.717) is 30.6 Å². The third kappa shape index (κ3) is 8.27. The summed E-state index contributed by atoms with van der Waals surface area (Å²) in [4.78, 5) is 45.7. The van der Waals surface area contributed by atoms with Gasteiger partial charge >= 0.3 is 12.1 Å². The maximum absolute atomic E-state index is 13.9. The third-order valence-corrected chi connectivity index (χ3v) is 10.4. The number of aryl methyl sites for hydroxylation is 1. The predicted octanol–water partition coefficient (Wildman–Crippen LogP) is 3.72. The monoisotopic (exact) mass is 675 g/mol. The lowest BCUT2D eigenvalue weighted by atomic mass is 9.47. The molecule has 268 valence electrons. The number of carbonyl (C=O) groups excluding carboxylic acids is 3. The first-order valence-electron chi connectivity index (χ1n) is 16.4. The maximum atomic E-state index is 13.9. The van der Waals surface area contributed by atoms with Crippen molar-refractivity contribution in [2.75, 3.05) is 6.61 Å². The second-order valence-corrected chi connectivity index (χ2v) is 15.1. The number of carbonyl (C=O) groups is 4. The highest BCUT2D eigenvalue weighted by atomic mass is 16.6. The summed E-state index contributed by atoms with van der Waals surface area (Å²) in [6.07, 6.45) is -2.58. The average Bonchev–Trinajstić information content (AvgIpc) is 2.94. The largest absolute Gasteiger partial charge is 0.481 e. The first-order valence-corrected chi connectivity index (χ1v) is 16.4. The van der Waals surface area contributed by atoms with Gasteiger partial charge in [-0.15, -0.1) is 0 Å². The number of nitrogens with two attached hydrogens (primary N) is 1. The van der Waals surface area contributed by atoms with Crippen LogP contribution in [0.15, 0.2) is 41.5 Å². The fraction of sp³-hybridized carbons (Fsp3) is 0.667. The molecule has 2 bridgehead atoms. The summed E-state index contributed by atoms with van der Waals surface area (Å²) >= 11 is 0. The molecule has 1 aromatic rings. The van der Waals surface area contributed by atoms with Crippen LogP contribution in [0.4, 0.5) is 4.79 Å². The first kappa shape index (κ1) is 39.1. The number of carboxylic acids is 1. The van der Waals surface area contributed by atoms with Gasteiger partial charge in [-0.1, -0.05) is 44.2 Å². The number of esters is 1. The molecule has 5 rings (SSSR count). The van der Waals surface area contributed by atoms with Crippen LogP contribution in [0.5, 0.6) is 0 Å². The molecule has 1 amide bonds. The molecule has 0 spiro atoms. The summed E-state index contributed by atoms with van der Waals surface area (Å²) in [6, 6.07) is 9.69. The van der Waals surface area contributed by atoms with Crippen LogP contribution < -0.4 is 5.73 Å². The number of aliphatic hydroxyl groups is 3. The molecule has 12 nitrogen and oxygen atoms in total. The van der Waals surface area contributed by atoms with Crippen LogP contribution in [-0.4, -0.2) is 86.5 Å². The molecule has 12 heteroatoms. The number of carboxylic acid groups (broad SMARTS) is 1. The minimum absolute atomic E-state index is 0.0230. The number of benzene rings is 1. The summed E-state index contributed by atoms with van der Waals surface area (Å²) in [6.45, 7) is 14.1. The molecule has 6 N–H and O–H groups in total. The molecule has 6 unspecified atom stereocenters. The number of Topliss-reactive ketones (excluding diaryl/α,β-unsaturated/α-hetero) is 1. The van der Waals surface area contributed by atoms with E-state index < -0.39 is 58.2 Å². The molecule has 1 heterocycles. The SMILES string of the molecule is CC(=O)O.CC(C)(C)OC(N)=O.CC1=C2C(O)C(=O)C3(C)C(O)CC4OC[C@H]4C3CC(O)(C[C@@H]1OC(=O)CCc1ccccc1)C2(C)C. The molecule has 0 aromatic heterocycles. The van der Waals surface area contributed by atoms with Crippen LogP contribution in [0.25, 0.3) is 0 Å². The fourth-order valence-electron chi connectivity index (χ4n) is 7.69. The van der Waals surface area contributed by atoms with E-state index in [9.17, 15) is 29.7 Å². The third-order valence-electron chi connectivity index (χ3n) is 10.4. The minimum atomic E-state index is -1.50. The maximum Gasteiger partial charge on any atom is 0.405 e. The lowest BCUT2D eigenvalue weighted by Gasteiger charge is -2.62. The zero-order valence-corrected chi connectivity index (χ0v) is 29.3. The van der Waals surface area contributed by atoms with Crippen LogP contribution >= 0.6 is 0 Å². The molecule has 1 aliphatic heterocycles. The molecule has 3 fully saturated rings. The highest BCUT2D eigenvalue weighted by Gasteiger charge is 2.67. The van der Waals surface area contributed by atoms with E-state index in [1.807, 2.05) is 44.2 Å². The van der Waals surface area contributed by atoms with E-state index in [1.165, 1.54) is 0 Å². The Morgan fingerprint density at radius 2 is 1.65 bits per heavy atom. The summed E-state index contributed by atoms with van der Waals surface area (Å²) in [5.41, 5.74) is 2.84. The Morgan fingerprint density at radius 1 is 1.06 bits per heavy atom. The number of rotatable bonds is 4. The summed E-state index contributed by atoms with van der Waals surface area (Å²) in [5, 5.41) is 42.2. The number of ether oxygens (including phenoxy) is 3. The van der Waals surface area contributed by atoms with E-state index in [4.69, 9.17) is 25.1 Å². The van der Waals surface area contributed by atoms with Crippen molar-refractivity contribution in [1.82, 2.24) is 0 Å². The number of ketones is 1. The van der Waals surface area contributed by atoms with Crippen molar-refractivity contribution in [1.29, 1.82) is 0 Å². The zero-order chi connectivity index (χ0) is 36.4. The first-order chi connectivity index (χ1) is 22.0. The average molecular weight is 676 g/mol. The summed E-state index contributed by atoms with van der Waals surface area (Å²) in [7, 11) is 0. The van der Waals surface area contributed by atoms with Crippen molar-refractivity contribution < 1.29 is 53.8 Å². The van der Waals surface area contributed by atoms with Gasteiger partial charge in [0.15, 0.2) is 5.78 Å². The van der Waals surface area contributed by atoms with Gasteiger partial charge in [-0.05, 0) is 70.1 Å².